The van der Waals surface area contributed by atoms with Gasteiger partial charge in [0.1, 0.15) is 11.5 Å². The van der Waals surface area contributed by atoms with E-state index in [2.05, 4.69) is 22.9 Å². The third-order valence-electron chi connectivity index (χ3n) is 4.56. The molecular formula is C26H40N4O6. The van der Waals surface area contributed by atoms with E-state index in [9.17, 15) is 9.59 Å². The second-order valence-electron chi connectivity index (χ2n) is 7.18. The molecule has 0 unspecified atom stereocenters. The van der Waals surface area contributed by atoms with E-state index in [0.717, 1.165) is 35.4 Å². The summed E-state index contributed by atoms with van der Waals surface area (Å²) in [5.41, 5.74) is 8.79. The van der Waals surface area contributed by atoms with Gasteiger partial charge in [-0.15, -0.1) is 0 Å². The van der Waals surface area contributed by atoms with Crippen molar-refractivity contribution in [3.8, 4) is 5.75 Å². The van der Waals surface area contributed by atoms with Gasteiger partial charge >= 0.3 is 6.09 Å². The first-order valence-corrected chi connectivity index (χ1v) is 11.7. The zero-order valence-electron chi connectivity index (χ0n) is 21.5. The van der Waals surface area contributed by atoms with Crippen LogP contribution >= 0.6 is 0 Å². The lowest BCUT2D eigenvalue weighted by molar-refractivity contribution is -0.105. The fraction of sp³-hybridized carbons (Fsp3) is 0.385. The van der Waals surface area contributed by atoms with Crippen LogP contribution in [0.15, 0.2) is 48.7 Å². The summed E-state index contributed by atoms with van der Waals surface area (Å²) in [5, 5.41) is 24.3. The van der Waals surface area contributed by atoms with Gasteiger partial charge in [-0.2, -0.15) is 0 Å². The van der Waals surface area contributed by atoms with Crippen molar-refractivity contribution in [2.45, 2.75) is 39.7 Å². The fourth-order valence-corrected chi connectivity index (χ4v) is 2.80. The number of hydrogen-bond acceptors (Lipinski definition) is 7. The Balaban J connectivity index is 0.000000561. The van der Waals surface area contributed by atoms with Gasteiger partial charge in [-0.1, -0.05) is 31.9 Å². The van der Waals surface area contributed by atoms with Gasteiger partial charge in [0.15, 0.2) is 0 Å². The van der Waals surface area contributed by atoms with E-state index < -0.39 is 6.09 Å². The van der Waals surface area contributed by atoms with Gasteiger partial charge in [-0.3, -0.25) is 4.79 Å². The maximum atomic E-state index is 10.2. The second kappa shape index (κ2) is 20.5. The molecule has 0 aliphatic heterocycles. The highest BCUT2D eigenvalue weighted by Gasteiger charge is 2.09. The van der Waals surface area contributed by atoms with Crippen LogP contribution in [0.5, 0.6) is 5.75 Å². The molecule has 10 nitrogen and oxygen atoms in total. The van der Waals surface area contributed by atoms with Crippen molar-refractivity contribution in [1.82, 2.24) is 5.32 Å². The molecule has 0 saturated heterocycles. The molecule has 36 heavy (non-hydrogen) atoms. The summed E-state index contributed by atoms with van der Waals surface area (Å²) in [5.74, 6) is 1.36. The first-order valence-electron chi connectivity index (χ1n) is 11.7. The molecule has 0 atom stereocenters. The number of carbonyl (C=O) groups is 2. The van der Waals surface area contributed by atoms with E-state index in [1.807, 2.05) is 32.2 Å². The minimum Gasteiger partial charge on any atom is -0.496 e. The van der Waals surface area contributed by atoms with Crippen LogP contribution in [0.25, 0.3) is 5.76 Å². The van der Waals surface area contributed by atoms with Gasteiger partial charge in [0, 0.05) is 43.8 Å². The minimum atomic E-state index is -1.07. The normalized spacial score (nSPS) is 9.97. The highest BCUT2D eigenvalue weighted by molar-refractivity contribution is 5.71. The van der Waals surface area contributed by atoms with Gasteiger partial charge in [-0.25, -0.2) is 4.79 Å². The van der Waals surface area contributed by atoms with Gasteiger partial charge in [0.2, 0.25) is 6.41 Å². The molecule has 7 N–H and O–H groups in total. The lowest BCUT2D eigenvalue weighted by Crippen LogP contribution is -2.19. The topological polar surface area (TPSA) is 155 Å². The Morgan fingerprint density at radius 3 is 2.36 bits per heavy atom. The van der Waals surface area contributed by atoms with E-state index >= 15 is 0 Å². The number of rotatable bonds is 12. The van der Waals surface area contributed by atoms with Crippen molar-refractivity contribution in [3.05, 3.63) is 59.8 Å². The number of nitrogens with one attached hydrogen (secondary N) is 3. The highest BCUT2D eigenvalue weighted by atomic mass is 16.5. The molecule has 2 amide bonds. The number of carboxylic acid groups (broad SMARTS) is 1. The number of aliphatic hydroxyl groups is 1. The summed E-state index contributed by atoms with van der Waals surface area (Å²) in [4.78, 5) is 20.3. The van der Waals surface area contributed by atoms with Crippen molar-refractivity contribution in [2.75, 3.05) is 38.0 Å². The van der Waals surface area contributed by atoms with Gasteiger partial charge in [-0.05, 0) is 43.2 Å². The largest absolute Gasteiger partial charge is 0.496 e. The Hall–Kier alpha value is -3.92. The zero-order chi connectivity index (χ0) is 27.2. The highest BCUT2D eigenvalue weighted by Crippen LogP contribution is 2.29. The van der Waals surface area contributed by atoms with E-state index in [0.29, 0.717) is 31.1 Å². The molecule has 10 heteroatoms. The van der Waals surface area contributed by atoms with Crippen LogP contribution in [0.2, 0.25) is 0 Å². The molecule has 0 spiro atoms. The molecular weight excluding hydrogens is 464 g/mol. The molecule has 0 saturated carbocycles. The Kier molecular flexibility index (Phi) is 18.2. The van der Waals surface area contributed by atoms with Gasteiger partial charge < -0.3 is 41.4 Å². The number of benzene rings is 2. The number of anilines is 2. The molecule has 0 aliphatic rings. The molecule has 0 heterocycles. The number of unbranched alkanes of at least 4 members (excludes halogenated alkanes) is 2. The van der Waals surface area contributed by atoms with E-state index in [4.69, 9.17) is 25.4 Å². The predicted molar refractivity (Wildman–Crippen MR) is 144 cm³/mol. The molecule has 0 fully saturated rings. The number of ether oxygens (including phenoxy) is 2. The number of nitrogens with two attached hydrogens (primary N) is 1. The lowest BCUT2D eigenvalue weighted by Gasteiger charge is -2.13. The number of aliphatic hydroxyl groups excluding tert-OH is 1. The summed E-state index contributed by atoms with van der Waals surface area (Å²) >= 11 is 0. The number of methoxy groups -OCH3 is 1. The van der Waals surface area contributed by atoms with Crippen molar-refractivity contribution >= 4 is 29.6 Å². The van der Waals surface area contributed by atoms with Crippen molar-refractivity contribution in [1.29, 1.82) is 0 Å². The van der Waals surface area contributed by atoms with Crippen LogP contribution in [0.3, 0.4) is 0 Å². The Bertz CT molecular complexity index is 917. The minimum absolute atomic E-state index is 0.226. The predicted octanol–water partition coefficient (Wildman–Crippen LogP) is 4.22. The quantitative estimate of drug-likeness (QED) is 0.143. The Labute approximate surface area is 213 Å². The molecule has 2 aromatic rings. The standard InChI is InChI=1S/C12H18N2O2.C9H10N2O3.C5H12O/c1-4-16-12(8-13)10-6-5-9(14-2)7-11(10)15-3;12-6-11-8-3-1-2-7(4-8)5-10-9(13)14;1-2-3-4-5-6/h5-8,14H,4,13H2,1-3H3;1-4,6,10H,5H2,(H,11,12)(H,13,14);6H,2-5H2,1H3/b12-8-;;. The first-order chi connectivity index (χ1) is 17.4. The Morgan fingerprint density at radius 1 is 1.11 bits per heavy atom. The summed E-state index contributed by atoms with van der Waals surface area (Å²) < 4.78 is 10.7. The smallest absolute Gasteiger partial charge is 0.404 e. The van der Waals surface area contributed by atoms with Gasteiger partial charge in [0.25, 0.3) is 0 Å². The number of amides is 2. The zero-order valence-corrected chi connectivity index (χ0v) is 21.5. The lowest BCUT2D eigenvalue weighted by atomic mass is 10.1. The van der Waals surface area contributed by atoms with E-state index in [1.165, 1.54) is 12.6 Å². The average Bonchev–Trinajstić information content (AvgIpc) is 2.90. The summed E-state index contributed by atoms with van der Waals surface area (Å²) in [6.07, 6.45) is 4.27. The van der Waals surface area contributed by atoms with E-state index in [1.54, 1.807) is 31.4 Å². The van der Waals surface area contributed by atoms with Crippen LogP contribution in [0.4, 0.5) is 16.2 Å². The maximum Gasteiger partial charge on any atom is 0.404 e. The number of carbonyl (C=O) groups excluding carboxylic acids is 1. The van der Waals surface area contributed by atoms with Crippen LogP contribution < -0.4 is 26.4 Å². The maximum absolute atomic E-state index is 10.2. The molecule has 0 aliphatic carbocycles. The van der Waals surface area contributed by atoms with Crippen LogP contribution in [0, 0.1) is 0 Å². The molecule has 0 radical (unpaired) electrons. The Morgan fingerprint density at radius 2 is 1.86 bits per heavy atom. The fourth-order valence-electron chi connectivity index (χ4n) is 2.80. The van der Waals surface area contributed by atoms with Crippen molar-refractivity contribution in [2.24, 2.45) is 5.73 Å². The third-order valence-corrected chi connectivity index (χ3v) is 4.56. The summed E-state index contributed by atoms with van der Waals surface area (Å²) in [7, 11) is 3.48. The van der Waals surface area contributed by atoms with Crippen LogP contribution in [-0.4, -0.2) is 50.1 Å². The third kappa shape index (κ3) is 13.7. The van der Waals surface area contributed by atoms with Gasteiger partial charge in [0.05, 0.1) is 19.3 Å². The second-order valence-corrected chi connectivity index (χ2v) is 7.18. The van der Waals surface area contributed by atoms with Crippen molar-refractivity contribution in [3.63, 3.8) is 0 Å². The SMILES string of the molecule is CCCCCO.CCO/C(=C\N)c1ccc(NC)cc1OC.O=CNc1cccc(CNC(=O)O)c1. The molecule has 200 valence electrons. The first kappa shape index (κ1) is 32.1. The van der Waals surface area contributed by atoms with Crippen molar-refractivity contribution < 1.29 is 29.3 Å². The monoisotopic (exact) mass is 504 g/mol. The molecule has 0 bridgehead atoms. The average molecular weight is 505 g/mol. The molecule has 2 rings (SSSR count). The van der Waals surface area contributed by atoms with Crippen LogP contribution in [-0.2, 0) is 16.1 Å². The van der Waals surface area contributed by atoms with Crippen LogP contribution in [0.1, 0.15) is 44.2 Å². The number of hydrogen-bond donors (Lipinski definition) is 6. The summed E-state index contributed by atoms with van der Waals surface area (Å²) in [6, 6.07) is 12.7. The molecule has 2 aromatic carbocycles. The summed E-state index contributed by atoms with van der Waals surface area (Å²) in [6.45, 7) is 5.19. The molecule has 0 aromatic heterocycles. The van der Waals surface area contributed by atoms with E-state index in [-0.39, 0.29) is 6.54 Å².